The minimum atomic E-state index is -2.72. The highest BCUT2D eigenvalue weighted by Crippen LogP contribution is 2.53. The number of amides is 1. The summed E-state index contributed by atoms with van der Waals surface area (Å²) in [4.78, 5) is 42.7. The molecule has 1 aromatic carbocycles. The number of phenolic OH excluding ortho intramolecular Hbond substituents is 1. The number of likely N-dealkylation sites (tertiary alicyclic amines) is 1. The first kappa shape index (κ1) is 28.3. The van der Waals surface area contributed by atoms with Crippen LogP contribution in [0.25, 0.3) is 5.76 Å². The number of aliphatic hydroxyl groups is 3. The summed E-state index contributed by atoms with van der Waals surface area (Å²) in [5.41, 5.74) is 1.37. The monoisotopic (exact) mass is 557 g/mol. The van der Waals surface area contributed by atoms with Crippen molar-refractivity contribution in [1.82, 2.24) is 9.80 Å². The molecule has 6 N–H and O–H groups in total. The number of fused-ring (bicyclic) bond motifs is 3. The van der Waals surface area contributed by atoms with Crippen LogP contribution in [0, 0.1) is 17.7 Å². The molecule has 11 heteroatoms. The Kier molecular flexibility index (Phi) is 6.63. The molecule has 0 radical (unpaired) electrons. The van der Waals surface area contributed by atoms with E-state index in [4.69, 9.17) is 5.73 Å². The van der Waals surface area contributed by atoms with Crippen molar-refractivity contribution in [2.75, 3.05) is 20.6 Å². The summed E-state index contributed by atoms with van der Waals surface area (Å²) in [5.74, 6) is -8.13. The van der Waals surface area contributed by atoms with Crippen molar-refractivity contribution in [2.45, 2.75) is 69.7 Å². The number of ketones is 2. The summed E-state index contributed by atoms with van der Waals surface area (Å²) in [5, 5.41) is 44.8. The van der Waals surface area contributed by atoms with Crippen molar-refractivity contribution >= 4 is 23.2 Å². The highest BCUT2D eigenvalue weighted by atomic mass is 19.1. The van der Waals surface area contributed by atoms with Gasteiger partial charge in [0, 0.05) is 34.7 Å². The van der Waals surface area contributed by atoms with Gasteiger partial charge in [0.25, 0.3) is 5.91 Å². The van der Waals surface area contributed by atoms with E-state index in [0.29, 0.717) is 0 Å². The zero-order chi connectivity index (χ0) is 29.5. The van der Waals surface area contributed by atoms with E-state index in [1.54, 1.807) is 0 Å². The molecule has 40 heavy (non-hydrogen) atoms. The molecule has 0 spiro atoms. The molecule has 4 atom stereocenters. The smallest absolute Gasteiger partial charge is 0.255 e. The minimum absolute atomic E-state index is 0.0513. The highest BCUT2D eigenvalue weighted by molar-refractivity contribution is 6.24. The lowest BCUT2D eigenvalue weighted by Gasteiger charge is -2.50. The fourth-order valence-electron chi connectivity index (χ4n) is 7.28. The van der Waals surface area contributed by atoms with Gasteiger partial charge in [-0.1, -0.05) is 6.42 Å². The zero-order valence-corrected chi connectivity index (χ0v) is 23.1. The molecule has 1 saturated heterocycles. The topological polar surface area (TPSA) is 165 Å². The quantitative estimate of drug-likeness (QED) is 0.348. The number of nitrogens with zero attached hydrogens (tertiary/aromatic N) is 2. The number of hydrogen-bond acceptors (Lipinski definition) is 9. The third-order valence-corrected chi connectivity index (χ3v) is 9.41. The lowest BCUT2D eigenvalue weighted by atomic mass is 9.57. The average Bonchev–Trinajstić information content (AvgIpc) is 2.85. The predicted octanol–water partition coefficient (Wildman–Crippen LogP) is 1.87. The van der Waals surface area contributed by atoms with E-state index in [1.165, 1.54) is 25.1 Å². The van der Waals surface area contributed by atoms with Crippen LogP contribution in [0.2, 0.25) is 0 Å². The van der Waals surface area contributed by atoms with Crippen molar-refractivity contribution in [1.29, 1.82) is 0 Å². The fourth-order valence-corrected chi connectivity index (χ4v) is 7.28. The van der Waals surface area contributed by atoms with Gasteiger partial charge in [0.2, 0.25) is 5.78 Å². The van der Waals surface area contributed by atoms with Crippen LogP contribution in [-0.4, -0.2) is 85.5 Å². The summed E-state index contributed by atoms with van der Waals surface area (Å²) in [6.45, 7) is 5.23. The number of hydrogen-bond donors (Lipinski definition) is 5. The van der Waals surface area contributed by atoms with E-state index in [2.05, 4.69) is 18.7 Å². The molecule has 1 aromatic rings. The largest absolute Gasteiger partial charge is 0.508 e. The fraction of sp³-hybridized carbons (Fsp3) is 0.552. The van der Waals surface area contributed by atoms with Crippen LogP contribution in [0.4, 0.5) is 4.39 Å². The Hall–Kier alpha value is -3.28. The molecule has 3 aliphatic carbocycles. The maximum absolute atomic E-state index is 16.1. The zero-order valence-electron chi connectivity index (χ0n) is 23.1. The average molecular weight is 558 g/mol. The van der Waals surface area contributed by atoms with E-state index < -0.39 is 69.6 Å². The van der Waals surface area contributed by atoms with Gasteiger partial charge in [-0.05, 0) is 72.2 Å². The van der Waals surface area contributed by atoms with Crippen LogP contribution in [0.5, 0.6) is 5.75 Å². The number of aliphatic hydroxyl groups excluding tert-OH is 2. The van der Waals surface area contributed by atoms with Crippen LogP contribution < -0.4 is 5.73 Å². The Labute approximate surface area is 231 Å². The third kappa shape index (κ3) is 3.89. The number of carbonyl (C=O) groups is 3. The second-order valence-corrected chi connectivity index (χ2v) is 12.4. The Bertz CT molecular complexity index is 1400. The van der Waals surface area contributed by atoms with Crippen molar-refractivity contribution in [3.05, 3.63) is 45.5 Å². The van der Waals surface area contributed by atoms with Gasteiger partial charge in [-0.3, -0.25) is 24.2 Å². The van der Waals surface area contributed by atoms with Crippen LogP contribution in [-0.2, 0) is 27.3 Å². The normalized spacial score (nSPS) is 30.3. The second kappa shape index (κ2) is 9.39. The van der Waals surface area contributed by atoms with E-state index in [1.807, 2.05) is 0 Å². The van der Waals surface area contributed by atoms with Gasteiger partial charge in [0.05, 0.1) is 11.6 Å². The van der Waals surface area contributed by atoms with Gasteiger partial charge in [-0.25, -0.2) is 4.39 Å². The molecule has 1 amide bonds. The van der Waals surface area contributed by atoms with Gasteiger partial charge in [-0.15, -0.1) is 0 Å². The predicted molar refractivity (Wildman–Crippen MR) is 143 cm³/mol. The summed E-state index contributed by atoms with van der Waals surface area (Å²) in [7, 11) is 3.05. The van der Waals surface area contributed by atoms with Gasteiger partial charge in [-0.2, -0.15) is 0 Å². The molecule has 0 aromatic heterocycles. The number of aromatic hydroxyl groups is 1. The second-order valence-electron chi connectivity index (χ2n) is 12.4. The van der Waals surface area contributed by atoms with Crippen molar-refractivity contribution in [3.63, 3.8) is 0 Å². The van der Waals surface area contributed by atoms with Gasteiger partial charge in [0.15, 0.2) is 11.4 Å². The van der Waals surface area contributed by atoms with Crippen LogP contribution in [0.15, 0.2) is 23.0 Å². The number of primary amides is 1. The maximum Gasteiger partial charge on any atom is 0.255 e. The van der Waals surface area contributed by atoms with Gasteiger partial charge >= 0.3 is 0 Å². The van der Waals surface area contributed by atoms with Gasteiger partial charge < -0.3 is 26.2 Å². The first-order chi connectivity index (χ1) is 18.6. The molecule has 0 bridgehead atoms. The van der Waals surface area contributed by atoms with Crippen molar-refractivity contribution < 1.29 is 39.2 Å². The number of rotatable bonds is 4. The lowest BCUT2D eigenvalue weighted by Crippen LogP contribution is -2.65. The third-order valence-electron chi connectivity index (χ3n) is 9.41. The molecule has 5 rings (SSSR count). The standard InChI is InChI=1S/C29H36FN3O7/c1-28(2)7-5-6-8-33(28)12-14-11-17(34)19-15(21(14)30)9-13-10-16-22(32(3)4)24(36)20(27(31)39)26(38)29(16,40)25(37)18(13)23(19)35/h11,13,16,22,34-35,38,40H,5-10,12H2,1-4H3,(H2,31,39)/t13-,16-,22-,29-/m0/s1. The number of likely N-dealkylation sites (N-methyl/N-ethyl adjacent to an activating group) is 1. The SMILES string of the molecule is CN(C)[C@@H]1C(=O)C(C(N)=O)=C(O)[C@@]2(O)C(=O)C3=C(O)c4c(O)cc(CN5CCCCC5(C)C)c(F)c4C[C@H]3C[C@@H]12. The number of nitrogens with two attached hydrogens (primary N) is 1. The lowest BCUT2D eigenvalue weighted by molar-refractivity contribution is -0.153. The molecule has 1 aliphatic heterocycles. The van der Waals surface area contributed by atoms with Crippen molar-refractivity contribution in [3.8, 4) is 5.75 Å². The summed E-state index contributed by atoms with van der Waals surface area (Å²) in [6.07, 6.45) is 2.85. The molecule has 0 unspecified atom stereocenters. The highest BCUT2D eigenvalue weighted by Gasteiger charge is 2.64. The Morgan fingerprint density at radius 2 is 1.88 bits per heavy atom. The number of phenols is 1. The molecule has 4 aliphatic rings. The first-order valence-electron chi connectivity index (χ1n) is 13.6. The van der Waals surface area contributed by atoms with E-state index >= 15 is 4.39 Å². The van der Waals surface area contributed by atoms with Gasteiger partial charge in [0.1, 0.15) is 28.7 Å². The molecule has 2 fully saturated rings. The molecule has 216 valence electrons. The number of carbonyl (C=O) groups excluding carboxylic acids is 3. The van der Waals surface area contributed by atoms with E-state index in [0.717, 1.165) is 25.8 Å². The van der Waals surface area contributed by atoms with Crippen LogP contribution >= 0.6 is 0 Å². The molecular weight excluding hydrogens is 521 g/mol. The molecule has 10 nitrogen and oxygen atoms in total. The van der Waals surface area contributed by atoms with Crippen LogP contribution in [0.3, 0.4) is 0 Å². The Balaban J connectivity index is 1.63. The number of halogens is 1. The van der Waals surface area contributed by atoms with E-state index in [-0.39, 0.29) is 47.2 Å². The molecular formula is C29H36FN3O7. The van der Waals surface area contributed by atoms with Crippen molar-refractivity contribution in [2.24, 2.45) is 17.6 Å². The number of piperidine rings is 1. The summed E-state index contributed by atoms with van der Waals surface area (Å²) in [6, 6.07) is 0.0633. The first-order valence-corrected chi connectivity index (χ1v) is 13.6. The molecule has 1 heterocycles. The Morgan fingerprint density at radius 1 is 1.20 bits per heavy atom. The molecule has 1 saturated carbocycles. The summed E-state index contributed by atoms with van der Waals surface area (Å²) >= 11 is 0. The maximum atomic E-state index is 16.1. The van der Waals surface area contributed by atoms with Crippen LogP contribution in [0.1, 0.15) is 56.2 Å². The number of benzene rings is 1. The minimum Gasteiger partial charge on any atom is -0.508 e. The van der Waals surface area contributed by atoms with E-state index in [9.17, 15) is 34.8 Å². The summed E-state index contributed by atoms with van der Waals surface area (Å²) < 4.78 is 16.1. The number of Topliss-reactive ketones (excluding diaryl/α,β-unsaturated/α-hetero) is 2. The Morgan fingerprint density at radius 3 is 2.48 bits per heavy atom.